The van der Waals surface area contributed by atoms with Gasteiger partial charge in [0.15, 0.2) is 0 Å². The van der Waals surface area contributed by atoms with Crippen LogP contribution in [0.1, 0.15) is 46.8 Å². The van der Waals surface area contributed by atoms with Gasteiger partial charge in [0.2, 0.25) is 0 Å². The second-order valence-electron chi connectivity index (χ2n) is 5.91. The highest BCUT2D eigenvalue weighted by Crippen LogP contribution is 2.29. The zero-order valence-corrected chi connectivity index (χ0v) is 12.6. The summed E-state index contributed by atoms with van der Waals surface area (Å²) in [5.41, 5.74) is 6.89. The van der Waals surface area contributed by atoms with E-state index >= 15 is 0 Å². The summed E-state index contributed by atoms with van der Waals surface area (Å²) in [5.74, 6) is 0. The molecule has 0 spiro atoms. The van der Waals surface area contributed by atoms with Crippen molar-refractivity contribution in [2.24, 2.45) is 7.05 Å². The summed E-state index contributed by atoms with van der Waals surface area (Å²) >= 11 is 0. The first-order valence-corrected chi connectivity index (χ1v) is 7.45. The molecule has 3 nitrogen and oxygen atoms in total. The van der Waals surface area contributed by atoms with Crippen LogP contribution in [0, 0.1) is 13.8 Å². The molecule has 0 radical (unpaired) electrons. The van der Waals surface area contributed by atoms with E-state index < -0.39 is 0 Å². The van der Waals surface area contributed by atoms with Gasteiger partial charge in [-0.05, 0) is 49.8 Å². The van der Waals surface area contributed by atoms with Gasteiger partial charge in [0, 0.05) is 30.9 Å². The number of rotatable bonds is 3. The van der Waals surface area contributed by atoms with Gasteiger partial charge in [0.1, 0.15) is 0 Å². The average molecular weight is 269 g/mol. The first kappa shape index (κ1) is 13.4. The lowest BCUT2D eigenvalue weighted by Gasteiger charge is -2.24. The molecule has 2 aromatic rings. The van der Waals surface area contributed by atoms with Crippen LogP contribution in [-0.2, 0) is 20.0 Å². The van der Waals surface area contributed by atoms with Crippen LogP contribution in [0.3, 0.4) is 0 Å². The Morgan fingerprint density at radius 1 is 1.30 bits per heavy atom. The van der Waals surface area contributed by atoms with Crippen molar-refractivity contribution in [2.45, 2.75) is 45.7 Å². The Kier molecular flexibility index (Phi) is 3.62. The minimum absolute atomic E-state index is 0.453. The van der Waals surface area contributed by atoms with Crippen LogP contribution in [0.5, 0.6) is 0 Å². The Bertz CT molecular complexity index is 613. The van der Waals surface area contributed by atoms with E-state index in [4.69, 9.17) is 0 Å². The molecule has 20 heavy (non-hydrogen) atoms. The fraction of sp³-hybridized carbons (Fsp3) is 0.471. The smallest absolute Gasteiger partial charge is 0.0540 e. The lowest BCUT2D eigenvalue weighted by atomic mass is 9.93. The third kappa shape index (κ3) is 2.50. The second-order valence-corrected chi connectivity index (χ2v) is 5.91. The molecule has 0 bridgehead atoms. The van der Waals surface area contributed by atoms with E-state index in [9.17, 15) is 0 Å². The van der Waals surface area contributed by atoms with Gasteiger partial charge in [-0.2, -0.15) is 5.10 Å². The van der Waals surface area contributed by atoms with Crippen molar-refractivity contribution in [1.29, 1.82) is 0 Å². The Morgan fingerprint density at radius 2 is 2.15 bits per heavy atom. The lowest BCUT2D eigenvalue weighted by molar-refractivity contribution is 0.452. The number of fused-ring (bicyclic) bond motifs is 1. The third-order valence-electron chi connectivity index (χ3n) is 4.50. The zero-order chi connectivity index (χ0) is 14.1. The van der Waals surface area contributed by atoms with E-state index in [0.717, 1.165) is 13.0 Å². The molecule has 3 heteroatoms. The first-order chi connectivity index (χ1) is 9.65. The number of aryl methyl sites for hydroxylation is 3. The molecule has 1 atom stereocenters. The monoisotopic (exact) mass is 269 g/mol. The number of hydrogen-bond acceptors (Lipinski definition) is 2. The summed E-state index contributed by atoms with van der Waals surface area (Å²) < 4.78 is 2.03. The fourth-order valence-electron chi connectivity index (χ4n) is 3.07. The fourth-order valence-corrected chi connectivity index (χ4v) is 3.07. The molecule has 0 fully saturated rings. The van der Waals surface area contributed by atoms with E-state index in [0.29, 0.717) is 6.04 Å². The lowest BCUT2D eigenvalue weighted by Crippen LogP contribution is -2.25. The number of benzene rings is 1. The van der Waals surface area contributed by atoms with E-state index in [1.165, 1.54) is 40.8 Å². The molecule has 1 heterocycles. The molecule has 106 valence electrons. The minimum Gasteiger partial charge on any atom is -0.306 e. The van der Waals surface area contributed by atoms with Gasteiger partial charge < -0.3 is 5.32 Å². The molecule has 1 aromatic heterocycles. The molecule has 3 rings (SSSR count). The summed E-state index contributed by atoms with van der Waals surface area (Å²) in [6, 6.07) is 7.18. The van der Waals surface area contributed by atoms with Crippen LogP contribution < -0.4 is 5.32 Å². The van der Waals surface area contributed by atoms with Crippen molar-refractivity contribution in [3.63, 3.8) is 0 Å². The van der Waals surface area contributed by atoms with Gasteiger partial charge in [0.05, 0.1) is 6.20 Å². The van der Waals surface area contributed by atoms with Crippen LogP contribution in [0.4, 0.5) is 0 Å². The molecule has 0 amide bonds. The van der Waals surface area contributed by atoms with Gasteiger partial charge >= 0.3 is 0 Å². The van der Waals surface area contributed by atoms with Crippen molar-refractivity contribution in [3.8, 4) is 0 Å². The third-order valence-corrected chi connectivity index (χ3v) is 4.50. The molecular formula is C17H23N3. The van der Waals surface area contributed by atoms with E-state index in [2.05, 4.69) is 42.5 Å². The Labute approximate surface area is 121 Å². The number of nitrogens with zero attached hydrogens (tertiary/aromatic N) is 2. The highest BCUT2D eigenvalue weighted by atomic mass is 15.3. The Morgan fingerprint density at radius 3 is 2.95 bits per heavy atom. The van der Waals surface area contributed by atoms with Crippen LogP contribution in [0.2, 0.25) is 0 Å². The van der Waals surface area contributed by atoms with Gasteiger partial charge in [-0.15, -0.1) is 0 Å². The van der Waals surface area contributed by atoms with Crippen LogP contribution >= 0.6 is 0 Å². The van der Waals surface area contributed by atoms with E-state index in [-0.39, 0.29) is 0 Å². The van der Waals surface area contributed by atoms with E-state index in [1.807, 2.05) is 17.9 Å². The summed E-state index contributed by atoms with van der Waals surface area (Å²) in [6.07, 6.45) is 5.65. The SMILES string of the molecule is Cc1ccc(CNC2CCCc3c2cnn3C)cc1C. The molecule has 0 saturated heterocycles. The zero-order valence-electron chi connectivity index (χ0n) is 12.6. The quantitative estimate of drug-likeness (QED) is 0.927. The number of nitrogens with one attached hydrogen (secondary N) is 1. The molecular weight excluding hydrogens is 246 g/mol. The highest BCUT2D eigenvalue weighted by Gasteiger charge is 2.22. The Hall–Kier alpha value is -1.61. The number of aromatic nitrogens is 2. The standard InChI is InChI=1S/C17H23N3/c1-12-7-8-14(9-13(12)2)10-18-16-5-4-6-17-15(16)11-19-20(17)3/h7-9,11,16,18H,4-6,10H2,1-3H3. The molecule has 1 aliphatic rings. The highest BCUT2D eigenvalue weighted by molar-refractivity contribution is 5.30. The van der Waals surface area contributed by atoms with Gasteiger partial charge in [-0.25, -0.2) is 0 Å². The topological polar surface area (TPSA) is 29.9 Å². The average Bonchev–Trinajstić information content (AvgIpc) is 2.83. The van der Waals surface area contributed by atoms with Crippen molar-refractivity contribution in [2.75, 3.05) is 0 Å². The molecule has 1 aromatic carbocycles. The summed E-state index contributed by atoms with van der Waals surface area (Å²) in [6.45, 7) is 5.27. The van der Waals surface area contributed by atoms with Crippen LogP contribution in [0.15, 0.2) is 24.4 Å². The first-order valence-electron chi connectivity index (χ1n) is 7.45. The predicted octanol–water partition coefficient (Wildman–Crippen LogP) is 3.20. The molecule has 0 aliphatic heterocycles. The summed E-state index contributed by atoms with van der Waals surface area (Å²) in [4.78, 5) is 0. The van der Waals surface area contributed by atoms with Gasteiger partial charge in [-0.1, -0.05) is 18.2 Å². The van der Waals surface area contributed by atoms with Crippen LogP contribution in [0.25, 0.3) is 0 Å². The molecule has 1 N–H and O–H groups in total. The molecule has 1 unspecified atom stereocenters. The largest absolute Gasteiger partial charge is 0.306 e. The second kappa shape index (κ2) is 5.41. The van der Waals surface area contributed by atoms with Gasteiger partial charge in [0.25, 0.3) is 0 Å². The van der Waals surface area contributed by atoms with Crippen molar-refractivity contribution in [3.05, 3.63) is 52.3 Å². The molecule has 0 saturated carbocycles. The van der Waals surface area contributed by atoms with Crippen molar-refractivity contribution < 1.29 is 0 Å². The normalized spacial score (nSPS) is 18.1. The maximum atomic E-state index is 4.41. The van der Waals surface area contributed by atoms with Crippen molar-refractivity contribution >= 4 is 0 Å². The van der Waals surface area contributed by atoms with Gasteiger partial charge in [-0.3, -0.25) is 4.68 Å². The summed E-state index contributed by atoms with van der Waals surface area (Å²) in [5, 5.41) is 8.11. The maximum absolute atomic E-state index is 4.41. The minimum atomic E-state index is 0.453. The molecule has 1 aliphatic carbocycles. The Balaban J connectivity index is 1.71. The van der Waals surface area contributed by atoms with E-state index in [1.54, 1.807) is 0 Å². The maximum Gasteiger partial charge on any atom is 0.0540 e. The predicted molar refractivity (Wildman–Crippen MR) is 81.6 cm³/mol. The van der Waals surface area contributed by atoms with Crippen molar-refractivity contribution in [1.82, 2.24) is 15.1 Å². The number of hydrogen-bond donors (Lipinski definition) is 1. The van der Waals surface area contributed by atoms with Crippen LogP contribution in [-0.4, -0.2) is 9.78 Å². The summed E-state index contributed by atoms with van der Waals surface area (Å²) in [7, 11) is 2.05.